The molecule has 0 radical (unpaired) electrons. The molecule has 1 aliphatic heterocycles. The van der Waals surface area contributed by atoms with Crippen molar-refractivity contribution in [3.63, 3.8) is 0 Å². The van der Waals surface area contributed by atoms with Gasteiger partial charge in [-0.1, -0.05) is 12.1 Å². The van der Waals surface area contributed by atoms with Crippen molar-refractivity contribution in [1.29, 1.82) is 0 Å². The zero-order valence-electron chi connectivity index (χ0n) is 24.2. The minimum atomic E-state index is -0.678. The Morgan fingerprint density at radius 2 is 1.51 bits per heavy atom. The molecule has 3 amide bonds. The Bertz CT molecular complexity index is 1370. The van der Waals surface area contributed by atoms with E-state index in [1.807, 2.05) is 44.4 Å². The van der Waals surface area contributed by atoms with Crippen LogP contribution in [0, 0.1) is 0 Å². The number of carbonyl (C=O) groups is 3. The maximum Gasteiger partial charge on any atom is 0.412 e. The first kappa shape index (κ1) is 29.8. The summed E-state index contributed by atoms with van der Waals surface area (Å²) in [4.78, 5) is 51.3. The number of hydrogen-bond acceptors (Lipinski definition) is 9. The van der Waals surface area contributed by atoms with Crippen molar-refractivity contribution in [2.45, 2.75) is 52.7 Å². The highest BCUT2D eigenvalue weighted by molar-refractivity contribution is 7.13. The van der Waals surface area contributed by atoms with Gasteiger partial charge in [-0.25, -0.2) is 19.6 Å². The lowest BCUT2D eigenvalue weighted by Crippen LogP contribution is -2.50. The Morgan fingerprint density at radius 1 is 0.854 bits per heavy atom. The van der Waals surface area contributed by atoms with E-state index in [2.05, 4.69) is 25.5 Å². The summed E-state index contributed by atoms with van der Waals surface area (Å²) in [6.07, 6.45) is 2.22. The van der Waals surface area contributed by atoms with E-state index >= 15 is 0 Å². The minimum Gasteiger partial charge on any atom is -0.444 e. The van der Waals surface area contributed by atoms with E-state index in [1.165, 1.54) is 0 Å². The summed E-state index contributed by atoms with van der Waals surface area (Å²) in [6.45, 7) is 13.0. The van der Waals surface area contributed by atoms with Gasteiger partial charge in [0.05, 0.1) is 29.5 Å². The first-order chi connectivity index (χ1) is 19.3. The summed E-state index contributed by atoms with van der Waals surface area (Å²) in [5.41, 5.74) is 1.17. The van der Waals surface area contributed by atoms with Crippen LogP contribution >= 0.6 is 11.3 Å². The van der Waals surface area contributed by atoms with Crippen LogP contribution < -0.4 is 15.5 Å². The zero-order valence-corrected chi connectivity index (χ0v) is 25.0. The summed E-state index contributed by atoms with van der Waals surface area (Å²) in [5.74, 6) is -0.548. The van der Waals surface area contributed by atoms with E-state index in [9.17, 15) is 14.4 Å². The van der Waals surface area contributed by atoms with Crippen molar-refractivity contribution in [2.24, 2.45) is 0 Å². The van der Waals surface area contributed by atoms with Gasteiger partial charge in [0.25, 0.3) is 5.91 Å². The molecule has 3 heterocycles. The number of hydrogen-bond donors (Lipinski definition) is 2. The smallest absolute Gasteiger partial charge is 0.412 e. The lowest BCUT2D eigenvalue weighted by atomic mass is 10.1. The molecule has 41 heavy (non-hydrogen) atoms. The van der Waals surface area contributed by atoms with Gasteiger partial charge in [0.1, 0.15) is 11.2 Å². The molecular formula is C29H36N6O5S. The van der Waals surface area contributed by atoms with E-state index in [0.717, 1.165) is 16.1 Å². The molecule has 2 aromatic heterocycles. The van der Waals surface area contributed by atoms with Crippen molar-refractivity contribution >= 4 is 46.5 Å². The molecule has 1 saturated heterocycles. The number of amides is 3. The third kappa shape index (κ3) is 8.40. The predicted octanol–water partition coefficient (Wildman–Crippen LogP) is 5.86. The number of piperazine rings is 1. The Hall–Kier alpha value is -4.19. The van der Waals surface area contributed by atoms with E-state index in [4.69, 9.17) is 9.47 Å². The van der Waals surface area contributed by atoms with Crippen LogP contribution in [0.4, 0.5) is 26.7 Å². The number of nitrogens with zero attached hydrogens (tertiary/aromatic N) is 4. The van der Waals surface area contributed by atoms with Crippen LogP contribution in [-0.4, -0.2) is 70.3 Å². The Morgan fingerprint density at radius 3 is 2.10 bits per heavy atom. The molecule has 2 N–H and O–H groups in total. The quantitative estimate of drug-likeness (QED) is 0.384. The number of anilines is 3. The fourth-order valence-corrected chi connectivity index (χ4v) is 4.74. The Balaban J connectivity index is 1.44. The molecule has 1 aliphatic rings. The van der Waals surface area contributed by atoms with Crippen LogP contribution in [0.25, 0.3) is 10.4 Å². The SMILES string of the molecule is CC(C)(C)OC(=O)Nc1ccc(-c2cccs2)cc1NC(=O)c1ncc(N2CCN(C(=O)OC(C)(C)C)CC2)cn1. The molecule has 0 spiro atoms. The van der Waals surface area contributed by atoms with Crippen molar-refractivity contribution in [3.8, 4) is 10.4 Å². The highest BCUT2D eigenvalue weighted by Crippen LogP contribution is 2.32. The van der Waals surface area contributed by atoms with E-state index in [0.29, 0.717) is 37.6 Å². The molecular weight excluding hydrogens is 544 g/mol. The fraction of sp³-hybridized carbons (Fsp3) is 0.414. The summed E-state index contributed by atoms with van der Waals surface area (Å²) in [6, 6.07) is 9.28. The number of aromatic nitrogens is 2. The molecule has 1 aromatic carbocycles. The van der Waals surface area contributed by atoms with Gasteiger partial charge in [0, 0.05) is 31.1 Å². The van der Waals surface area contributed by atoms with Gasteiger partial charge in [0.15, 0.2) is 0 Å². The lowest BCUT2D eigenvalue weighted by Gasteiger charge is -2.36. The van der Waals surface area contributed by atoms with Gasteiger partial charge in [-0.05, 0) is 70.7 Å². The standard InChI is InChI=1S/C29H36N6O5S/c1-28(2,3)39-26(37)33-21-10-9-19(23-8-7-15-41-23)16-22(21)32-25(36)24-30-17-20(18-31-24)34-11-13-35(14-12-34)27(38)40-29(4,5)6/h7-10,15-18H,11-14H2,1-6H3,(H,32,36)(H,33,37). The Kier molecular flexibility index (Phi) is 8.81. The average Bonchev–Trinajstić information content (AvgIpc) is 3.43. The monoisotopic (exact) mass is 580 g/mol. The predicted molar refractivity (Wildman–Crippen MR) is 160 cm³/mol. The Labute approximate surface area is 243 Å². The van der Waals surface area contributed by atoms with E-state index in [1.54, 1.807) is 61.5 Å². The molecule has 4 rings (SSSR count). The number of rotatable bonds is 5. The topological polar surface area (TPSA) is 126 Å². The van der Waals surface area contributed by atoms with Crippen LogP contribution in [0.3, 0.4) is 0 Å². The van der Waals surface area contributed by atoms with Gasteiger partial charge < -0.3 is 24.6 Å². The van der Waals surface area contributed by atoms with Crippen LogP contribution in [0.5, 0.6) is 0 Å². The van der Waals surface area contributed by atoms with Crippen LogP contribution in [-0.2, 0) is 9.47 Å². The highest BCUT2D eigenvalue weighted by atomic mass is 32.1. The maximum absolute atomic E-state index is 13.1. The largest absolute Gasteiger partial charge is 0.444 e. The lowest BCUT2D eigenvalue weighted by molar-refractivity contribution is 0.0240. The van der Waals surface area contributed by atoms with Gasteiger partial charge in [-0.2, -0.15) is 0 Å². The normalized spacial score (nSPS) is 13.9. The average molecular weight is 581 g/mol. The molecule has 1 fully saturated rings. The second kappa shape index (κ2) is 12.1. The van der Waals surface area contributed by atoms with Crippen LogP contribution in [0.15, 0.2) is 48.1 Å². The molecule has 11 nitrogen and oxygen atoms in total. The zero-order chi connectivity index (χ0) is 29.8. The van der Waals surface area contributed by atoms with Crippen molar-refractivity contribution in [2.75, 3.05) is 41.7 Å². The second-order valence-electron chi connectivity index (χ2n) is 11.5. The molecule has 218 valence electrons. The summed E-state index contributed by atoms with van der Waals surface area (Å²) >= 11 is 1.56. The summed E-state index contributed by atoms with van der Waals surface area (Å²) < 4.78 is 10.8. The number of nitrogens with one attached hydrogen (secondary N) is 2. The van der Waals surface area contributed by atoms with E-state index < -0.39 is 23.2 Å². The van der Waals surface area contributed by atoms with E-state index in [-0.39, 0.29) is 11.9 Å². The van der Waals surface area contributed by atoms with Crippen LogP contribution in [0.1, 0.15) is 52.2 Å². The molecule has 3 aromatic rings. The highest BCUT2D eigenvalue weighted by Gasteiger charge is 2.26. The molecule has 0 aliphatic carbocycles. The third-order valence-corrected chi connectivity index (χ3v) is 6.77. The van der Waals surface area contributed by atoms with Crippen molar-refractivity contribution in [3.05, 3.63) is 53.9 Å². The van der Waals surface area contributed by atoms with Crippen molar-refractivity contribution < 1.29 is 23.9 Å². The third-order valence-electron chi connectivity index (χ3n) is 5.85. The number of benzene rings is 1. The van der Waals surface area contributed by atoms with Gasteiger partial charge >= 0.3 is 12.2 Å². The molecule has 12 heteroatoms. The van der Waals surface area contributed by atoms with Gasteiger partial charge in [-0.3, -0.25) is 10.1 Å². The molecule has 0 unspecified atom stereocenters. The van der Waals surface area contributed by atoms with Crippen molar-refractivity contribution in [1.82, 2.24) is 14.9 Å². The first-order valence-corrected chi connectivity index (χ1v) is 14.2. The van der Waals surface area contributed by atoms with Gasteiger partial charge in [-0.15, -0.1) is 11.3 Å². The summed E-state index contributed by atoms with van der Waals surface area (Å²) in [5, 5.41) is 7.51. The fourth-order valence-electron chi connectivity index (χ4n) is 4.02. The number of ether oxygens (including phenoxy) is 2. The first-order valence-electron chi connectivity index (χ1n) is 13.3. The maximum atomic E-state index is 13.1. The minimum absolute atomic E-state index is 0.0223. The van der Waals surface area contributed by atoms with Gasteiger partial charge in [0.2, 0.25) is 5.82 Å². The molecule has 0 atom stereocenters. The molecule has 0 saturated carbocycles. The van der Waals surface area contributed by atoms with Crippen LogP contribution in [0.2, 0.25) is 0 Å². The summed E-state index contributed by atoms with van der Waals surface area (Å²) in [7, 11) is 0. The number of carbonyl (C=O) groups excluding carboxylic acids is 3. The molecule has 0 bridgehead atoms. The number of thiophene rings is 1. The second-order valence-corrected chi connectivity index (χ2v) is 12.5.